The Labute approximate surface area is 112 Å². The highest BCUT2D eigenvalue weighted by atomic mass is 32.2. The standard InChI is InChI=1S/C14H17N3S/c1-2-18-13-5-3-11(4-6-13)14-16-10-8-12(17-14)7-9-15/h3-6,8,10H,2,7,9,15H2,1H3. The van der Waals surface area contributed by atoms with Crippen molar-refractivity contribution >= 4 is 11.8 Å². The smallest absolute Gasteiger partial charge is 0.159 e. The lowest BCUT2D eigenvalue weighted by molar-refractivity contribution is 0.913. The highest BCUT2D eigenvalue weighted by molar-refractivity contribution is 7.99. The molecule has 0 spiro atoms. The van der Waals surface area contributed by atoms with Gasteiger partial charge in [0.05, 0.1) is 0 Å². The third-order valence-electron chi connectivity index (χ3n) is 2.54. The second-order valence-corrected chi connectivity index (χ2v) is 5.21. The maximum Gasteiger partial charge on any atom is 0.159 e. The van der Waals surface area contributed by atoms with E-state index in [0.29, 0.717) is 6.54 Å². The lowest BCUT2D eigenvalue weighted by Crippen LogP contribution is -2.05. The molecular weight excluding hydrogens is 242 g/mol. The zero-order valence-electron chi connectivity index (χ0n) is 10.5. The first kappa shape index (κ1) is 13.1. The van der Waals surface area contributed by atoms with Crippen molar-refractivity contribution in [2.75, 3.05) is 12.3 Å². The fraction of sp³-hybridized carbons (Fsp3) is 0.286. The van der Waals surface area contributed by atoms with E-state index in [2.05, 4.69) is 41.2 Å². The Balaban J connectivity index is 2.22. The Morgan fingerprint density at radius 3 is 2.61 bits per heavy atom. The second-order valence-electron chi connectivity index (χ2n) is 3.87. The number of nitrogens with two attached hydrogens (primary N) is 1. The maximum atomic E-state index is 5.54. The molecule has 0 saturated heterocycles. The van der Waals surface area contributed by atoms with Crippen molar-refractivity contribution in [3.05, 3.63) is 42.2 Å². The molecular formula is C14H17N3S. The van der Waals surface area contributed by atoms with E-state index in [1.165, 1.54) is 4.90 Å². The van der Waals surface area contributed by atoms with Crippen LogP contribution in [0.15, 0.2) is 41.4 Å². The van der Waals surface area contributed by atoms with E-state index < -0.39 is 0 Å². The van der Waals surface area contributed by atoms with Crippen LogP contribution in [-0.4, -0.2) is 22.3 Å². The van der Waals surface area contributed by atoms with E-state index in [4.69, 9.17) is 5.73 Å². The zero-order chi connectivity index (χ0) is 12.8. The third-order valence-corrected chi connectivity index (χ3v) is 3.43. The van der Waals surface area contributed by atoms with Gasteiger partial charge in [-0.3, -0.25) is 0 Å². The summed E-state index contributed by atoms with van der Waals surface area (Å²) in [5.74, 6) is 1.86. The van der Waals surface area contributed by atoms with Crippen LogP contribution in [0.5, 0.6) is 0 Å². The molecule has 94 valence electrons. The van der Waals surface area contributed by atoms with Crippen molar-refractivity contribution < 1.29 is 0 Å². The molecule has 1 aromatic heterocycles. The van der Waals surface area contributed by atoms with Crippen LogP contribution in [0, 0.1) is 0 Å². The Bertz CT molecular complexity index is 497. The molecule has 2 rings (SSSR count). The number of nitrogens with zero attached hydrogens (tertiary/aromatic N) is 2. The van der Waals surface area contributed by atoms with Gasteiger partial charge >= 0.3 is 0 Å². The van der Waals surface area contributed by atoms with Crippen LogP contribution in [-0.2, 0) is 6.42 Å². The summed E-state index contributed by atoms with van der Waals surface area (Å²) >= 11 is 1.83. The summed E-state index contributed by atoms with van der Waals surface area (Å²) in [6, 6.07) is 10.3. The molecule has 2 aromatic rings. The fourth-order valence-electron chi connectivity index (χ4n) is 1.69. The summed E-state index contributed by atoms with van der Waals surface area (Å²) in [7, 11) is 0. The molecule has 3 nitrogen and oxygen atoms in total. The lowest BCUT2D eigenvalue weighted by Gasteiger charge is -2.04. The first-order valence-electron chi connectivity index (χ1n) is 6.08. The molecule has 0 atom stereocenters. The minimum absolute atomic E-state index is 0.614. The Kier molecular flexibility index (Phi) is 4.73. The van der Waals surface area contributed by atoms with Gasteiger partial charge in [-0.05, 0) is 30.5 Å². The van der Waals surface area contributed by atoms with Gasteiger partial charge < -0.3 is 5.73 Å². The predicted octanol–water partition coefficient (Wildman–Crippen LogP) is 2.76. The van der Waals surface area contributed by atoms with Gasteiger partial charge in [-0.25, -0.2) is 9.97 Å². The van der Waals surface area contributed by atoms with Crippen molar-refractivity contribution in [3.8, 4) is 11.4 Å². The molecule has 18 heavy (non-hydrogen) atoms. The minimum atomic E-state index is 0.614. The summed E-state index contributed by atoms with van der Waals surface area (Å²) in [4.78, 5) is 10.1. The van der Waals surface area contributed by atoms with Gasteiger partial charge in [0.2, 0.25) is 0 Å². The number of hydrogen-bond donors (Lipinski definition) is 1. The molecule has 0 radical (unpaired) electrons. The number of thioether (sulfide) groups is 1. The SMILES string of the molecule is CCSc1ccc(-c2nccc(CCN)n2)cc1. The summed E-state index contributed by atoms with van der Waals surface area (Å²) in [6.45, 7) is 2.76. The van der Waals surface area contributed by atoms with E-state index in [9.17, 15) is 0 Å². The van der Waals surface area contributed by atoms with Crippen molar-refractivity contribution in [2.24, 2.45) is 5.73 Å². The molecule has 2 N–H and O–H groups in total. The highest BCUT2D eigenvalue weighted by Crippen LogP contribution is 2.21. The molecule has 0 aliphatic heterocycles. The molecule has 0 fully saturated rings. The molecule has 0 unspecified atom stereocenters. The van der Waals surface area contributed by atoms with Gasteiger partial charge in [-0.15, -0.1) is 11.8 Å². The van der Waals surface area contributed by atoms with E-state index in [-0.39, 0.29) is 0 Å². The molecule has 0 amide bonds. The van der Waals surface area contributed by atoms with Gasteiger partial charge in [0.1, 0.15) is 0 Å². The van der Waals surface area contributed by atoms with Crippen LogP contribution >= 0.6 is 11.8 Å². The molecule has 0 saturated carbocycles. The van der Waals surface area contributed by atoms with Crippen LogP contribution in [0.4, 0.5) is 0 Å². The number of aromatic nitrogens is 2. The average molecular weight is 259 g/mol. The van der Waals surface area contributed by atoms with Crippen LogP contribution < -0.4 is 5.73 Å². The molecule has 4 heteroatoms. The van der Waals surface area contributed by atoms with Crippen molar-refractivity contribution in [3.63, 3.8) is 0 Å². The minimum Gasteiger partial charge on any atom is -0.330 e. The lowest BCUT2D eigenvalue weighted by atomic mass is 10.2. The summed E-state index contributed by atoms with van der Waals surface area (Å²) < 4.78 is 0. The van der Waals surface area contributed by atoms with Crippen LogP contribution in [0.25, 0.3) is 11.4 Å². The van der Waals surface area contributed by atoms with E-state index >= 15 is 0 Å². The van der Waals surface area contributed by atoms with E-state index in [0.717, 1.165) is 29.3 Å². The number of rotatable bonds is 5. The number of hydrogen-bond acceptors (Lipinski definition) is 4. The van der Waals surface area contributed by atoms with Gasteiger partial charge in [-0.1, -0.05) is 19.1 Å². The van der Waals surface area contributed by atoms with Gasteiger partial charge in [-0.2, -0.15) is 0 Å². The van der Waals surface area contributed by atoms with Gasteiger partial charge in [0, 0.05) is 28.8 Å². The Hall–Kier alpha value is -1.39. The van der Waals surface area contributed by atoms with Crippen molar-refractivity contribution in [1.29, 1.82) is 0 Å². The van der Waals surface area contributed by atoms with Crippen LogP contribution in [0.2, 0.25) is 0 Å². The fourth-order valence-corrected chi connectivity index (χ4v) is 2.35. The normalized spacial score (nSPS) is 10.6. The second kappa shape index (κ2) is 6.52. The first-order chi connectivity index (χ1) is 8.83. The van der Waals surface area contributed by atoms with E-state index in [1.807, 2.05) is 17.8 Å². The largest absolute Gasteiger partial charge is 0.330 e. The van der Waals surface area contributed by atoms with Gasteiger partial charge in [0.25, 0.3) is 0 Å². The Morgan fingerprint density at radius 1 is 1.17 bits per heavy atom. The zero-order valence-corrected chi connectivity index (χ0v) is 11.3. The van der Waals surface area contributed by atoms with Crippen molar-refractivity contribution in [1.82, 2.24) is 9.97 Å². The summed E-state index contributed by atoms with van der Waals surface area (Å²) in [5.41, 5.74) is 7.58. The van der Waals surface area contributed by atoms with Crippen LogP contribution in [0.3, 0.4) is 0 Å². The van der Waals surface area contributed by atoms with Gasteiger partial charge in [0.15, 0.2) is 5.82 Å². The highest BCUT2D eigenvalue weighted by Gasteiger charge is 2.02. The molecule has 1 aromatic carbocycles. The monoisotopic (exact) mass is 259 g/mol. The third kappa shape index (κ3) is 3.31. The molecule has 0 aliphatic rings. The Morgan fingerprint density at radius 2 is 1.94 bits per heavy atom. The quantitative estimate of drug-likeness (QED) is 0.839. The van der Waals surface area contributed by atoms with E-state index in [1.54, 1.807) is 6.20 Å². The first-order valence-corrected chi connectivity index (χ1v) is 7.07. The van der Waals surface area contributed by atoms with Crippen molar-refractivity contribution in [2.45, 2.75) is 18.2 Å². The number of benzene rings is 1. The topological polar surface area (TPSA) is 51.8 Å². The van der Waals surface area contributed by atoms with Crippen LogP contribution in [0.1, 0.15) is 12.6 Å². The molecule has 0 bridgehead atoms. The summed E-state index contributed by atoms with van der Waals surface area (Å²) in [5, 5.41) is 0. The molecule has 1 heterocycles. The predicted molar refractivity (Wildman–Crippen MR) is 76.6 cm³/mol. The maximum absolute atomic E-state index is 5.54. The average Bonchev–Trinajstić information content (AvgIpc) is 2.41. The summed E-state index contributed by atoms with van der Waals surface area (Å²) in [6.07, 6.45) is 2.58. The molecule has 0 aliphatic carbocycles.